The number of nitrogens with zero attached hydrogens (tertiary/aromatic N) is 2. The number of rotatable bonds is 7. The lowest BCUT2D eigenvalue weighted by Crippen LogP contribution is -2.10. The van der Waals surface area contributed by atoms with Gasteiger partial charge in [-0.05, 0) is 13.3 Å². The molecule has 0 aliphatic heterocycles. The highest BCUT2D eigenvalue weighted by atomic mass is 16.5. The van der Waals surface area contributed by atoms with E-state index in [2.05, 4.69) is 5.10 Å². The van der Waals surface area contributed by atoms with E-state index in [1.165, 1.54) is 0 Å². The van der Waals surface area contributed by atoms with Gasteiger partial charge in [0.15, 0.2) is 5.69 Å². The highest BCUT2D eigenvalue weighted by Crippen LogP contribution is 2.19. The second kappa shape index (κ2) is 7.00. The van der Waals surface area contributed by atoms with Crippen molar-refractivity contribution in [3.05, 3.63) is 11.3 Å². The maximum atomic E-state index is 11.8. The largest absolute Gasteiger partial charge is 0.461 e. The van der Waals surface area contributed by atoms with Crippen molar-refractivity contribution < 1.29 is 14.3 Å². The van der Waals surface area contributed by atoms with Crippen LogP contribution in [0.15, 0.2) is 0 Å². The molecule has 0 spiro atoms. The van der Waals surface area contributed by atoms with Crippen molar-refractivity contribution in [1.82, 2.24) is 9.78 Å². The molecule has 2 N–H and O–H groups in total. The van der Waals surface area contributed by atoms with E-state index in [9.17, 15) is 4.79 Å². The normalized spacial score (nSPS) is 10.6. The van der Waals surface area contributed by atoms with Gasteiger partial charge in [0.2, 0.25) is 0 Å². The number of carbonyl (C=O) groups excluding carboxylic acids is 1. The van der Waals surface area contributed by atoms with Crippen LogP contribution in [0.1, 0.15) is 36.3 Å². The Hall–Kier alpha value is -1.56. The van der Waals surface area contributed by atoms with Gasteiger partial charge >= 0.3 is 5.97 Å². The van der Waals surface area contributed by atoms with Crippen LogP contribution in [-0.2, 0) is 22.4 Å². The number of hydrogen-bond acceptors (Lipinski definition) is 5. The Labute approximate surface area is 107 Å². The molecular weight excluding hydrogens is 234 g/mol. The SMILES string of the molecule is CCCn1nc(C(=O)OCC)c(CCOC)c1N. The van der Waals surface area contributed by atoms with Gasteiger partial charge in [0, 0.05) is 25.6 Å². The van der Waals surface area contributed by atoms with Crippen molar-refractivity contribution >= 4 is 11.8 Å². The topological polar surface area (TPSA) is 79.4 Å². The van der Waals surface area contributed by atoms with E-state index < -0.39 is 5.97 Å². The molecule has 1 aromatic heterocycles. The average molecular weight is 255 g/mol. The zero-order chi connectivity index (χ0) is 13.5. The number of anilines is 1. The van der Waals surface area contributed by atoms with Gasteiger partial charge in [-0.2, -0.15) is 5.10 Å². The molecule has 0 aliphatic carbocycles. The summed E-state index contributed by atoms with van der Waals surface area (Å²) in [4.78, 5) is 11.8. The van der Waals surface area contributed by atoms with Gasteiger partial charge in [-0.3, -0.25) is 0 Å². The van der Waals surface area contributed by atoms with Crippen molar-refractivity contribution in [3.63, 3.8) is 0 Å². The van der Waals surface area contributed by atoms with Crippen LogP contribution in [0, 0.1) is 0 Å². The second-order valence-corrected chi connectivity index (χ2v) is 3.90. The summed E-state index contributed by atoms with van der Waals surface area (Å²) in [6.45, 7) is 5.29. The van der Waals surface area contributed by atoms with E-state index in [1.54, 1.807) is 18.7 Å². The van der Waals surface area contributed by atoms with Gasteiger partial charge < -0.3 is 15.2 Å². The monoisotopic (exact) mass is 255 g/mol. The van der Waals surface area contributed by atoms with Gasteiger partial charge in [0.25, 0.3) is 0 Å². The summed E-state index contributed by atoms with van der Waals surface area (Å²) in [7, 11) is 1.61. The zero-order valence-electron chi connectivity index (χ0n) is 11.2. The van der Waals surface area contributed by atoms with Crippen molar-refractivity contribution in [3.8, 4) is 0 Å². The molecule has 1 aromatic rings. The van der Waals surface area contributed by atoms with Crippen molar-refractivity contribution in [2.45, 2.75) is 33.2 Å². The molecule has 0 atom stereocenters. The Morgan fingerprint density at radius 1 is 1.44 bits per heavy atom. The van der Waals surface area contributed by atoms with Crippen LogP contribution >= 0.6 is 0 Å². The predicted molar refractivity (Wildman–Crippen MR) is 68.5 cm³/mol. The Kier molecular flexibility index (Phi) is 5.64. The minimum atomic E-state index is -0.426. The van der Waals surface area contributed by atoms with Crippen LogP contribution in [0.3, 0.4) is 0 Å². The van der Waals surface area contributed by atoms with E-state index in [1.807, 2.05) is 6.92 Å². The molecule has 0 unspecified atom stereocenters. The van der Waals surface area contributed by atoms with Crippen molar-refractivity contribution in [1.29, 1.82) is 0 Å². The molecule has 0 amide bonds. The molecule has 102 valence electrons. The quantitative estimate of drug-likeness (QED) is 0.741. The Morgan fingerprint density at radius 3 is 2.72 bits per heavy atom. The maximum Gasteiger partial charge on any atom is 0.359 e. The lowest BCUT2D eigenvalue weighted by molar-refractivity contribution is 0.0516. The lowest BCUT2D eigenvalue weighted by atomic mass is 10.1. The van der Waals surface area contributed by atoms with Crippen LogP contribution < -0.4 is 5.73 Å². The molecule has 1 heterocycles. The van der Waals surface area contributed by atoms with E-state index in [0.29, 0.717) is 43.3 Å². The maximum absolute atomic E-state index is 11.8. The Bertz CT molecular complexity index is 402. The molecule has 18 heavy (non-hydrogen) atoms. The first-order chi connectivity index (χ1) is 8.65. The summed E-state index contributed by atoms with van der Waals surface area (Å²) < 4.78 is 11.7. The highest BCUT2D eigenvalue weighted by molar-refractivity contribution is 5.90. The van der Waals surface area contributed by atoms with Crippen LogP contribution in [-0.4, -0.2) is 36.1 Å². The molecule has 0 saturated heterocycles. The molecule has 0 aromatic carbocycles. The minimum absolute atomic E-state index is 0.305. The van der Waals surface area contributed by atoms with Crippen molar-refractivity contribution in [2.24, 2.45) is 0 Å². The van der Waals surface area contributed by atoms with Gasteiger partial charge in [-0.1, -0.05) is 6.92 Å². The van der Waals surface area contributed by atoms with Gasteiger partial charge in [-0.15, -0.1) is 0 Å². The standard InChI is InChI=1S/C12H21N3O3/c1-4-7-15-11(13)9(6-8-17-3)10(14-15)12(16)18-5-2/h4-8,13H2,1-3H3. The van der Waals surface area contributed by atoms with Gasteiger partial charge in [0.1, 0.15) is 5.82 Å². The molecule has 0 radical (unpaired) electrons. The number of esters is 1. The molecule has 0 aliphatic rings. The molecule has 0 fully saturated rings. The molecule has 0 saturated carbocycles. The summed E-state index contributed by atoms with van der Waals surface area (Å²) >= 11 is 0. The fraction of sp³-hybridized carbons (Fsp3) is 0.667. The molecule has 1 rings (SSSR count). The van der Waals surface area contributed by atoms with Crippen molar-refractivity contribution in [2.75, 3.05) is 26.1 Å². The number of aryl methyl sites for hydroxylation is 1. The summed E-state index contributed by atoms with van der Waals surface area (Å²) in [5, 5.41) is 4.23. The third-order valence-electron chi connectivity index (χ3n) is 2.55. The zero-order valence-corrected chi connectivity index (χ0v) is 11.2. The summed E-state index contributed by atoms with van der Waals surface area (Å²) in [6.07, 6.45) is 1.46. The molecule has 6 nitrogen and oxygen atoms in total. The summed E-state index contributed by atoms with van der Waals surface area (Å²) in [5.74, 6) is 0.0992. The van der Waals surface area contributed by atoms with E-state index in [4.69, 9.17) is 15.2 Å². The highest BCUT2D eigenvalue weighted by Gasteiger charge is 2.21. The smallest absolute Gasteiger partial charge is 0.359 e. The predicted octanol–water partition coefficient (Wildman–Crippen LogP) is 1.24. The van der Waals surface area contributed by atoms with Crippen LogP contribution in [0.25, 0.3) is 0 Å². The number of aromatic nitrogens is 2. The van der Waals surface area contributed by atoms with E-state index in [-0.39, 0.29) is 0 Å². The van der Waals surface area contributed by atoms with E-state index >= 15 is 0 Å². The Balaban J connectivity index is 3.04. The van der Waals surface area contributed by atoms with Crippen LogP contribution in [0.2, 0.25) is 0 Å². The minimum Gasteiger partial charge on any atom is -0.461 e. The number of hydrogen-bond donors (Lipinski definition) is 1. The molecule has 0 bridgehead atoms. The average Bonchev–Trinajstić information content (AvgIpc) is 2.65. The second-order valence-electron chi connectivity index (χ2n) is 3.90. The fourth-order valence-electron chi connectivity index (χ4n) is 1.71. The Morgan fingerprint density at radius 2 is 2.17 bits per heavy atom. The first-order valence-corrected chi connectivity index (χ1v) is 6.16. The third-order valence-corrected chi connectivity index (χ3v) is 2.55. The fourth-order valence-corrected chi connectivity index (χ4v) is 1.71. The van der Waals surface area contributed by atoms with Crippen LogP contribution in [0.5, 0.6) is 0 Å². The summed E-state index contributed by atoms with van der Waals surface area (Å²) in [6, 6.07) is 0. The third kappa shape index (κ3) is 3.22. The van der Waals surface area contributed by atoms with Gasteiger partial charge in [-0.25, -0.2) is 9.48 Å². The number of methoxy groups -OCH3 is 1. The molecule has 6 heteroatoms. The number of carbonyl (C=O) groups is 1. The summed E-state index contributed by atoms with van der Waals surface area (Å²) in [5.41, 5.74) is 7.02. The van der Waals surface area contributed by atoms with Gasteiger partial charge in [0.05, 0.1) is 13.2 Å². The number of ether oxygens (including phenoxy) is 2. The molecular formula is C12H21N3O3. The number of nitrogen functional groups attached to an aromatic ring is 1. The first-order valence-electron chi connectivity index (χ1n) is 6.16. The van der Waals surface area contributed by atoms with E-state index in [0.717, 1.165) is 6.42 Å². The van der Waals surface area contributed by atoms with Crippen LogP contribution in [0.4, 0.5) is 5.82 Å². The first kappa shape index (κ1) is 14.5. The number of nitrogens with two attached hydrogens (primary N) is 1. The lowest BCUT2D eigenvalue weighted by Gasteiger charge is -2.03.